The number of aromatic amines is 1. The van der Waals surface area contributed by atoms with Gasteiger partial charge in [-0.2, -0.15) is 5.10 Å². The number of ether oxygens (including phenoxy) is 1. The van der Waals surface area contributed by atoms with Gasteiger partial charge in [0.25, 0.3) is 0 Å². The lowest BCUT2D eigenvalue weighted by atomic mass is 10.1. The Morgan fingerprint density at radius 2 is 2.09 bits per heavy atom. The normalized spacial score (nSPS) is 11.1. The average Bonchev–Trinajstić information content (AvgIpc) is 3.17. The molecule has 0 atom stereocenters. The van der Waals surface area contributed by atoms with E-state index in [1.165, 1.54) is 0 Å². The first kappa shape index (κ1) is 15.7. The van der Waals surface area contributed by atoms with E-state index >= 15 is 0 Å². The van der Waals surface area contributed by atoms with Crippen molar-refractivity contribution < 1.29 is 9.15 Å². The summed E-state index contributed by atoms with van der Waals surface area (Å²) >= 11 is 6.13. The first-order chi connectivity index (χ1) is 11.1. The minimum atomic E-state index is 0.466. The van der Waals surface area contributed by atoms with Gasteiger partial charge in [0, 0.05) is 23.2 Å². The summed E-state index contributed by atoms with van der Waals surface area (Å²) in [5.74, 6) is 2.90. The molecule has 0 fully saturated rings. The van der Waals surface area contributed by atoms with E-state index in [1.54, 1.807) is 6.20 Å². The van der Waals surface area contributed by atoms with Crippen molar-refractivity contribution >= 4 is 11.6 Å². The molecule has 0 aliphatic carbocycles. The van der Waals surface area contributed by atoms with E-state index in [0.29, 0.717) is 24.0 Å². The van der Waals surface area contributed by atoms with Crippen LogP contribution in [0.25, 0.3) is 11.5 Å². The number of nitrogens with zero attached hydrogens (tertiary/aromatic N) is 1. The van der Waals surface area contributed by atoms with Crippen molar-refractivity contribution in [1.29, 1.82) is 0 Å². The SMILES string of the molecule is CC(C)COc1ccc(Cl)cc1Cc1ccc(-c2cc[nH]n2)o1. The molecule has 0 aliphatic rings. The van der Waals surface area contributed by atoms with Crippen LogP contribution in [-0.2, 0) is 6.42 Å². The van der Waals surface area contributed by atoms with E-state index in [9.17, 15) is 0 Å². The van der Waals surface area contributed by atoms with Crippen molar-refractivity contribution in [3.05, 3.63) is 58.9 Å². The minimum Gasteiger partial charge on any atom is -0.493 e. The number of halogens is 1. The van der Waals surface area contributed by atoms with Gasteiger partial charge < -0.3 is 9.15 Å². The lowest BCUT2D eigenvalue weighted by Crippen LogP contribution is -2.06. The Morgan fingerprint density at radius 1 is 1.22 bits per heavy atom. The summed E-state index contributed by atoms with van der Waals surface area (Å²) in [6.07, 6.45) is 2.39. The second-order valence-electron chi connectivity index (χ2n) is 5.86. The van der Waals surface area contributed by atoms with Crippen LogP contribution in [0.1, 0.15) is 25.2 Å². The van der Waals surface area contributed by atoms with Gasteiger partial charge >= 0.3 is 0 Å². The van der Waals surface area contributed by atoms with E-state index in [1.807, 2.05) is 36.4 Å². The van der Waals surface area contributed by atoms with Gasteiger partial charge in [0.2, 0.25) is 0 Å². The van der Waals surface area contributed by atoms with Gasteiger partial charge in [0.15, 0.2) is 5.76 Å². The van der Waals surface area contributed by atoms with E-state index in [4.69, 9.17) is 20.8 Å². The number of benzene rings is 1. The summed E-state index contributed by atoms with van der Waals surface area (Å²) in [4.78, 5) is 0. The molecule has 3 rings (SSSR count). The molecule has 0 saturated heterocycles. The molecule has 3 aromatic rings. The van der Waals surface area contributed by atoms with Crippen LogP contribution in [0.4, 0.5) is 0 Å². The zero-order chi connectivity index (χ0) is 16.2. The Labute approximate surface area is 140 Å². The fourth-order valence-electron chi connectivity index (χ4n) is 2.28. The summed E-state index contributed by atoms with van der Waals surface area (Å²) in [5, 5.41) is 7.60. The van der Waals surface area contributed by atoms with Crippen LogP contribution < -0.4 is 4.74 Å². The third kappa shape index (κ3) is 3.96. The molecular weight excluding hydrogens is 312 g/mol. The molecule has 2 aromatic heterocycles. The largest absolute Gasteiger partial charge is 0.493 e. The molecular formula is C18H19ClN2O2. The van der Waals surface area contributed by atoms with E-state index in [-0.39, 0.29) is 0 Å². The predicted molar refractivity (Wildman–Crippen MR) is 90.9 cm³/mol. The third-order valence-electron chi connectivity index (χ3n) is 3.37. The summed E-state index contributed by atoms with van der Waals surface area (Å²) in [6, 6.07) is 11.4. The molecule has 0 spiro atoms. The lowest BCUT2D eigenvalue weighted by molar-refractivity contribution is 0.268. The highest BCUT2D eigenvalue weighted by Crippen LogP contribution is 2.28. The molecule has 0 bridgehead atoms. The summed E-state index contributed by atoms with van der Waals surface area (Å²) in [5.41, 5.74) is 1.81. The number of hydrogen-bond donors (Lipinski definition) is 1. The van der Waals surface area contributed by atoms with Crippen LogP contribution >= 0.6 is 11.6 Å². The summed E-state index contributed by atoms with van der Waals surface area (Å²) < 4.78 is 11.8. The minimum absolute atomic E-state index is 0.466. The van der Waals surface area contributed by atoms with E-state index < -0.39 is 0 Å². The number of rotatable bonds is 6. The molecule has 0 unspecified atom stereocenters. The monoisotopic (exact) mass is 330 g/mol. The second-order valence-corrected chi connectivity index (χ2v) is 6.30. The number of aromatic nitrogens is 2. The zero-order valence-corrected chi connectivity index (χ0v) is 13.9. The third-order valence-corrected chi connectivity index (χ3v) is 3.61. The van der Waals surface area contributed by atoms with Crippen molar-refractivity contribution in [3.8, 4) is 17.2 Å². The Morgan fingerprint density at radius 3 is 2.83 bits per heavy atom. The Hall–Kier alpha value is -2.20. The molecule has 0 radical (unpaired) electrons. The maximum absolute atomic E-state index is 6.13. The topological polar surface area (TPSA) is 51.0 Å². The Bertz CT molecular complexity index is 763. The van der Waals surface area contributed by atoms with Crippen LogP contribution in [0.5, 0.6) is 5.75 Å². The number of hydrogen-bond acceptors (Lipinski definition) is 3. The van der Waals surface area contributed by atoms with Crippen LogP contribution in [0.3, 0.4) is 0 Å². The first-order valence-electron chi connectivity index (χ1n) is 7.62. The molecule has 0 aliphatic heterocycles. The van der Waals surface area contributed by atoms with Crippen molar-refractivity contribution in [2.75, 3.05) is 6.61 Å². The Kier molecular flexibility index (Phi) is 4.72. The first-order valence-corrected chi connectivity index (χ1v) is 7.99. The van der Waals surface area contributed by atoms with Gasteiger partial charge in [-0.15, -0.1) is 0 Å². The predicted octanol–water partition coefficient (Wildman–Crippen LogP) is 4.95. The zero-order valence-electron chi connectivity index (χ0n) is 13.2. The van der Waals surface area contributed by atoms with Crippen LogP contribution in [-0.4, -0.2) is 16.8 Å². The second kappa shape index (κ2) is 6.92. The highest BCUT2D eigenvalue weighted by Gasteiger charge is 2.11. The van der Waals surface area contributed by atoms with Crippen molar-refractivity contribution in [1.82, 2.24) is 10.2 Å². The van der Waals surface area contributed by atoms with E-state index in [2.05, 4.69) is 24.0 Å². The lowest BCUT2D eigenvalue weighted by Gasteiger charge is -2.13. The highest BCUT2D eigenvalue weighted by molar-refractivity contribution is 6.30. The summed E-state index contributed by atoms with van der Waals surface area (Å²) in [6.45, 7) is 4.92. The standard InChI is InChI=1S/C18H19ClN2O2/c1-12(2)11-22-17-5-3-14(19)9-13(17)10-15-4-6-18(23-15)16-7-8-20-21-16/h3-9,12H,10-11H2,1-2H3,(H,20,21). The number of furan rings is 1. The van der Waals surface area contributed by atoms with Crippen molar-refractivity contribution in [2.45, 2.75) is 20.3 Å². The van der Waals surface area contributed by atoms with E-state index in [0.717, 1.165) is 28.5 Å². The van der Waals surface area contributed by atoms with Gasteiger partial charge in [0.05, 0.1) is 6.61 Å². The molecule has 120 valence electrons. The molecule has 1 N–H and O–H groups in total. The fourth-order valence-corrected chi connectivity index (χ4v) is 2.47. The van der Waals surface area contributed by atoms with Crippen LogP contribution in [0.15, 0.2) is 47.0 Å². The maximum Gasteiger partial charge on any atom is 0.154 e. The van der Waals surface area contributed by atoms with Gasteiger partial charge in [-0.05, 0) is 42.3 Å². The molecule has 0 saturated carbocycles. The fraction of sp³-hybridized carbons (Fsp3) is 0.278. The number of H-pyrrole nitrogens is 1. The maximum atomic E-state index is 6.13. The smallest absolute Gasteiger partial charge is 0.154 e. The van der Waals surface area contributed by atoms with Crippen molar-refractivity contribution in [3.63, 3.8) is 0 Å². The Balaban J connectivity index is 1.80. The summed E-state index contributed by atoms with van der Waals surface area (Å²) in [7, 11) is 0. The van der Waals surface area contributed by atoms with Gasteiger partial charge in [-0.3, -0.25) is 5.10 Å². The molecule has 4 nitrogen and oxygen atoms in total. The van der Waals surface area contributed by atoms with Gasteiger partial charge in [0.1, 0.15) is 17.2 Å². The molecule has 0 amide bonds. The average molecular weight is 331 g/mol. The van der Waals surface area contributed by atoms with Gasteiger partial charge in [-0.1, -0.05) is 25.4 Å². The quantitative estimate of drug-likeness (QED) is 0.695. The van der Waals surface area contributed by atoms with Crippen LogP contribution in [0, 0.1) is 5.92 Å². The molecule has 1 aromatic carbocycles. The molecule has 23 heavy (non-hydrogen) atoms. The van der Waals surface area contributed by atoms with Crippen LogP contribution in [0.2, 0.25) is 5.02 Å². The molecule has 2 heterocycles. The molecule has 5 heteroatoms. The highest BCUT2D eigenvalue weighted by atomic mass is 35.5. The van der Waals surface area contributed by atoms with Gasteiger partial charge in [-0.25, -0.2) is 0 Å². The number of nitrogens with one attached hydrogen (secondary N) is 1. The van der Waals surface area contributed by atoms with Crippen molar-refractivity contribution in [2.24, 2.45) is 5.92 Å².